The molecule has 0 aliphatic heterocycles. The molecule has 8 heteroatoms. The molecule has 2 aromatic heterocycles. The first-order valence-corrected chi connectivity index (χ1v) is 8.84. The molecule has 0 fully saturated rings. The summed E-state index contributed by atoms with van der Waals surface area (Å²) < 4.78 is 16.5. The number of methoxy groups -OCH3 is 1. The topological polar surface area (TPSA) is 97.9 Å². The number of anilines is 1. The first-order valence-electron chi connectivity index (χ1n) is 8.84. The van der Waals surface area contributed by atoms with Crippen molar-refractivity contribution in [2.24, 2.45) is 0 Å². The number of fused-ring (bicyclic) bond motifs is 1. The number of oxazole rings is 1. The second kappa shape index (κ2) is 8.26. The van der Waals surface area contributed by atoms with Crippen LogP contribution in [0.3, 0.4) is 0 Å². The van der Waals surface area contributed by atoms with Gasteiger partial charge in [0.05, 0.1) is 6.54 Å². The van der Waals surface area contributed by atoms with E-state index < -0.39 is 11.6 Å². The standard InChI is InChI=1S/C20H23N3O5/c1-20(26-3,18(24)25)12-14-8-9-17(21-13-14)27-11-10-23(2)19-22-15-6-4-5-7-16(15)28-19/h4-9,13H,10-12H2,1-3H3,(H,24,25). The summed E-state index contributed by atoms with van der Waals surface area (Å²) in [6.07, 6.45) is 1.81. The number of nitrogens with zero attached hydrogens (tertiary/aromatic N) is 3. The van der Waals surface area contributed by atoms with Crippen molar-refractivity contribution in [3.05, 3.63) is 48.2 Å². The van der Waals surface area contributed by atoms with Crippen molar-refractivity contribution < 1.29 is 23.8 Å². The highest BCUT2D eigenvalue weighted by Crippen LogP contribution is 2.21. The molecule has 148 valence electrons. The Morgan fingerprint density at radius 2 is 2.07 bits per heavy atom. The fourth-order valence-electron chi connectivity index (χ4n) is 2.63. The third-order valence-electron chi connectivity index (χ3n) is 4.53. The van der Waals surface area contributed by atoms with Crippen molar-refractivity contribution in [3.8, 4) is 5.88 Å². The largest absolute Gasteiger partial charge is 0.479 e. The molecule has 1 unspecified atom stereocenters. The first-order chi connectivity index (χ1) is 13.4. The fourth-order valence-corrected chi connectivity index (χ4v) is 2.63. The Hall–Kier alpha value is -3.13. The van der Waals surface area contributed by atoms with Crippen LogP contribution in [0, 0.1) is 0 Å². The molecule has 3 rings (SSSR count). The van der Waals surface area contributed by atoms with Crippen molar-refractivity contribution in [2.45, 2.75) is 18.9 Å². The minimum Gasteiger partial charge on any atom is -0.479 e. The number of ether oxygens (including phenoxy) is 2. The summed E-state index contributed by atoms with van der Waals surface area (Å²) in [6.45, 7) is 2.49. The molecular formula is C20H23N3O5. The van der Waals surface area contributed by atoms with E-state index in [0.29, 0.717) is 25.0 Å². The SMILES string of the molecule is COC(C)(Cc1ccc(OCCN(C)c2nc3ccccc3o2)nc1)C(=O)O. The molecule has 0 saturated heterocycles. The van der Waals surface area contributed by atoms with Crippen LogP contribution in [0.2, 0.25) is 0 Å². The van der Waals surface area contributed by atoms with Crippen LogP contribution in [0.1, 0.15) is 12.5 Å². The van der Waals surface area contributed by atoms with Gasteiger partial charge in [-0.15, -0.1) is 0 Å². The fraction of sp³-hybridized carbons (Fsp3) is 0.350. The number of carbonyl (C=O) groups is 1. The number of pyridine rings is 1. The molecule has 0 bridgehead atoms. The maximum Gasteiger partial charge on any atom is 0.336 e. The van der Waals surface area contributed by atoms with Crippen molar-refractivity contribution in [3.63, 3.8) is 0 Å². The maximum atomic E-state index is 11.3. The molecule has 8 nitrogen and oxygen atoms in total. The van der Waals surface area contributed by atoms with Gasteiger partial charge >= 0.3 is 5.97 Å². The Morgan fingerprint density at radius 1 is 1.29 bits per heavy atom. The van der Waals surface area contributed by atoms with Crippen molar-refractivity contribution in [2.75, 3.05) is 32.2 Å². The van der Waals surface area contributed by atoms with Gasteiger partial charge in [0.2, 0.25) is 5.88 Å². The quantitative estimate of drug-likeness (QED) is 0.600. The predicted octanol–water partition coefficient (Wildman–Crippen LogP) is 2.77. The Bertz CT molecular complexity index is 907. The molecule has 1 aromatic carbocycles. The number of benzene rings is 1. The third kappa shape index (κ3) is 4.40. The highest BCUT2D eigenvalue weighted by atomic mass is 16.5. The number of aliphatic carboxylic acids is 1. The van der Waals surface area contributed by atoms with E-state index in [1.165, 1.54) is 14.0 Å². The van der Waals surface area contributed by atoms with E-state index in [-0.39, 0.29) is 6.42 Å². The Balaban J connectivity index is 1.52. The lowest BCUT2D eigenvalue weighted by Crippen LogP contribution is -2.39. The molecule has 0 spiro atoms. The van der Waals surface area contributed by atoms with Gasteiger partial charge in [-0.05, 0) is 24.6 Å². The van der Waals surface area contributed by atoms with E-state index in [1.54, 1.807) is 18.3 Å². The van der Waals surface area contributed by atoms with Gasteiger partial charge in [-0.1, -0.05) is 18.2 Å². The number of carboxylic acids is 1. The number of para-hydroxylation sites is 2. The zero-order valence-electron chi connectivity index (χ0n) is 16.1. The van der Waals surface area contributed by atoms with Gasteiger partial charge in [0, 0.05) is 32.8 Å². The second-order valence-electron chi connectivity index (χ2n) is 6.66. The average molecular weight is 385 g/mol. The smallest absolute Gasteiger partial charge is 0.336 e. The van der Waals surface area contributed by atoms with Crippen LogP contribution < -0.4 is 9.64 Å². The lowest BCUT2D eigenvalue weighted by molar-refractivity contribution is -0.159. The number of carboxylic acid groups (broad SMARTS) is 1. The number of aromatic nitrogens is 2. The number of likely N-dealkylation sites (N-methyl/N-ethyl adjacent to an activating group) is 1. The van der Waals surface area contributed by atoms with Gasteiger partial charge in [-0.3, -0.25) is 0 Å². The molecule has 28 heavy (non-hydrogen) atoms. The summed E-state index contributed by atoms with van der Waals surface area (Å²) in [4.78, 5) is 21.8. The van der Waals surface area contributed by atoms with E-state index in [2.05, 4.69) is 9.97 Å². The number of hydrogen-bond donors (Lipinski definition) is 1. The van der Waals surface area contributed by atoms with Crippen LogP contribution in [0.25, 0.3) is 11.1 Å². The molecule has 0 saturated carbocycles. The summed E-state index contributed by atoms with van der Waals surface area (Å²) in [5.74, 6) is -0.554. The van der Waals surface area contributed by atoms with Crippen molar-refractivity contribution in [1.82, 2.24) is 9.97 Å². The van der Waals surface area contributed by atoms with E-state index in [0.717, 1.165) is 16.7 Å². The third-order valence-corrected chi connectivity index (χ3v) is 4.53. The van der Waals surface area contributed by atoms with Gasteiger partial charge in [0.15, 0.2) is 11.2 Å². The molecule has 1 atom stereocenters. The Labute approximate surface area is 162 Å². The van der Waals surface area contributed by atoms with Crippen LogP contribution in [-0.2, 0) is 16.0 Å². The van der Waals surface area contributed by atoms with Crippen LogP contribution >= 0.6 is 0 Å². The van der Waals surface area contributed by atoms with Crippen LogP contribution in [-0.4, -0.2) is 54.0 Å². The number of rotatable bonds is 9. The second-order valence-corrected chi connectivity index (χ2v) is 6.66. The van der Waals surface area contributed by atoms with E-state index in [9.17, 15) is 9.90 Å². The Kier molecular flexibility index (Phi) is 5.79. The van der Waals surface area contributed by atoms with Gasteiger partial charge < -0.3 is 23.9 Å². The van der Waals surface area contributed by atoms with E-state index in [1.807, 2.05) is 36.2 Å². The average Bonchev–Trinajstić information content (AvgIpc) is 3.13. The lowest BCUT2D eigenvalue weighted by atomic mass is 9.97. The van der Waals surface area contributed by atoms with Crippen molar-refractivity contribution >= 4 is 23.1 Å². The van der Waals surface area contributed by atoms with Gasteiger partial charge in [0.1, 0.15) is 12.1 Å². The summed E-state index contributed by atoms with van der Waals surface area (Å²) in [7, 11) is 3.26. The highest BCUT2D eigenvalue weighted by Gasteiger charge is 2.33. The zero-order chi connectivity index (χ0) is 20.1. The van der Waals surface area contributed by atoms with Gasteiger partial charge in [-0.25, -0.2) is 9.78 Å². The molecule has 0 aliphatic rings. The first kappa shape index (κ1) is 19.6. The molecule has 2 heterocycles. The minimum absolute atomic E-state index is 0.215. The number of hydrogen-bond acceptors (Lipinski definition) is 7. The highest BCUT2D eigenvalue weighted by molar-refractivity contribution is 5.77. The monoisotopic (exact) mass is 385 g/mol. The summed E-state index contributed by atoms with van der Waals surface area (Å²) in [5.41, 5.74) is 1.02. The normalized spacial score (nSPS) is 13.2. The molecule has 3 aromatic rings. The van der Waals surface area contributed by atoms with E-state index in [4.69, 9.17) is 13.9 Å². The van der Waals surface area contributed by atoms with Crippen LogP contribution in [0.5, 0.6) is 5.88 Å². The summed E-state index contributed by atoms with van der Waals surface area (Å²) in [6, 6.07) is 11.6. The van der Waals surface area contributed by atoms with Crippen molar-refractivity contribution in [1.29, 1.82) is 0 Å². The summed E-state index contributed by atoms with van der Waals surface area (Å²) >= 11 is 0. The molecule has 0 amide bonds. The minimum atomic E-state index is -1.29. The van der Waals surface area contributed by atoms with Gasteiger partial charge in [0.25, 0.3) is 6.01 Å². The maximum absolute atomic E-state index is 11.3. The van der Waals surface area contributed by atoms with E-state index >= 15 is 0 Å². The molecular weight excluding hydrogens is 362 g/mol. The Morgan fingerprint density at radius 3 is 2.71 bits per heavy atom. The predicted molar refractivity (Wildman–Crippen MR) is 104 cm³/mol. The lowest BCUT2D eigenvalue weighted by Gasteiger charge is -2.22. The molecule has 1 N–H and O–H groups in total. The van der Waals surface area contributed by atoms with Crippen LogP contribution in [0.15, 0.2) is 47.0 Å². The molecule has 0 aliphatic carbocycles. The summed E-state index contributed by atoms with van der Waals surface area (Å²) in [5, 5.41) is 9.27. The molecule has 0 radical (unpaired) electrons. The zero-order valence-corrected chi connectivity index (χ0v) is 16.1. The van der Waals surface area contributed by atoms with Gasteiger partial charge in [-0.2, -0.15) is 4.98 Å². The van der Waals surface area contributed by atoms with Crippen LogP contribution in [0.4, 0.5) is 6.01 Å².